The molecule has 0 spiro atoms. The Morgan fingerprint density at radius 3 is 1.50 bits per heavy atom. The molecule has 0 amide bonds. The van der Waals surface area contributed by atoms with Crippen molar-refractivity contribution in [1.82, 2.24) is 0 Å². The summed E-state index contributed by atoms with van der Waals surface area (Å²) in [7, 11) is -6.41. The summed E-state index contributed by atoms with van der Waals surface area (Å²) in [5, 5.41) is 2.70. The molecule has 0 unspecified atom stereocenters. The minimum absolute atomic E-state index is 0.193. The van der Waals surface area contributed by atoms with Gasteiger partial charge in [-0.05, 0) is 47.4 Å². The third-order valence-corrected chi connectivity index (χ3v) is 10.6. The van der Waals surface area contributed by atoms with Gasteiger partial charge in [0.1, 0.15) is 4.90 Å². The first-order valence-electron chi connectivity index (χ1n) is 14.7. The molecule has 2 aromatic carbocycles. The number of rotatable bonds is 18. The van der Waals surface area contributed by atoms with E-state index in [4.69, 9.17) is 0 Å². The first-order chi connectivity index (χ1) is 17.1. The van der Waals surface area contributed by atoms with Gasteiger partial charge in [0.05, 0.1) is 8.07 Å². The summed E-state index contributed by atoms with van der Waals surface area (Å²) in [6, 6.07) is 7.88. The summed E-state index contributed by atoms with van der Waals surface area (Å²) in [6.45, 7) is 11.2. The van der Waals surface area contributed by atoms with Crippen LogP contribution in [0, 0.1) is 0 Å². The van der Waals surface area contributed by atoms with Crippen LogP contribution in [0.1, 0.15) is 115 Å². The van der Waals surface area contributed by atoms with Gasteiger partial charge in [-0.25, -0.2) is 0 Å². The van der Waals surface area contributed by atoms with Gasteiger partial charge in [-0.2, -0.15) is 8.42 Å². The Morgan fingerprint density at radius 2 is 1.06 bits per heavy atom. The number of hydrogen-bond donors (Lipinski definition) is 1. The van der Waals surface area contributed by atoms with Crippen molar-refractivity contribution >= 4 is 34.2 Å². The molecule has 0 bridgehead atoms. The zero-order valence-electron chi connectivity index (χ0n) is 23.8. The summed E-state index contributed by atoms with van der Waals surface area (Å²) >= 11 is 0. The largest absolute Gasteiger partial charge is 0.295 e. The van der Waals surface area contributed by atoms with Gasteiger partial charge >= 0.3 is 0 Å². The molecule has 0 aliphatic rings. The Balaban J connectivity index is 2.44. The average molecular weight is 533 g/mol. The van der Waals surface area contributed by atoms with E-state index in [0.717, 1.165) is 36.3 Å². The maximum atomic E-state index is 12.8. The zero-order valence-corrected chi connectivity index (χ0v) is 25.6. The predicted octanol–water partition coefficient (Wildman–Crippen LogP) is 9.22. The highest BCUT2D eigenvalue weighted by atomic mass is 32.2. The maximum absolute atomic E-state index is 12.8. The average Bonchev–Trinajstić information content (AvgIpc) is 2.81. The summed E-state index contributed by atoms with van der Waals surface area (Å²) < 4.78 is 36.1. The molecule has 0 saturated carbocycles. The number of benzene rings is 2. The standard InChI is InChI=1S/C31H52O3SSi/c1-6-8-10-12-14-16-18-22-27-26-23-20-21-24-28(26)30(35(32,33)34)31(36(3,4)5)29(27)25-19-17-15-13-11-9-7-2/h20-21,23-24H,6-19,22,25H2,1-5H3,(H,32,33,34). The lowest BCUT2D eigenvalue weighted by Crippen LogP contribution is -2.44. The Kier molecular flexibility index (Phi) is 13.2. The molecule has 0 atom stereocenters. The molecular weight excluding hydrogens is 480 g/mol. The smallest absolute Gasteiger partial charge is 0.282 e. The normalized spacial score (nSPS) is 12.5. The van der Waals surface area contributed by atoms with E-state index in [-0.39, 0.29) is 4.90 Å². The Bertz CT molecular complexity index is 1040. The fourth-order valence-electron chi connectivity index (χ4n) is 5.67. The first kappa shape index (κ1) is 31.0. The van der Waals surface area contributed by atoms with Crippen molar-refractivity contribution in [2.75, 3.05) is 0 Å². The number of aryl methyl sites for hydroxylation is 1. The molecule has 0 saturated heterocycles. The van der Waals surface area contributed by atoms with Crippen molar-refractivity contribution in [2.45, 2.75) is 141 Å². The van der Waals surface area contributed by atoms with Gasteiger partial charge in [0.2, 0.25) is 0 Å². The molecule has 0 heterocycles. The van der Waals surface area contributed by atoms with Crippen LogP contribution >= 0.6 is 0 Å². The van der Waals surface area contributed by atoms with Crippen molar-refractivity contribution in [3.8, 4) is 0 Å². The Labute approximate surface area is 223 Å². The van der Waals surface area contributed by atoms with Crippen LogP contribution in [0.4, 0.5) is 0 Å². The predicted molar refractivity (Wildman–Crippen MR) is 160 cm³/mol. The van der Waals surface area contributed by atoms with Gasteiger partial charge in [0, 0.05) is 5.39 Å². The first-order valence-corrected chi connectivity index (χ1v) is 19.6. The molecule has 36 heavy (non-hydrogen) atoms. The molecule has 1 N–H and O–H groups in total. The van der Waals surface area contributed by atoms with Crippen LogP contribution in [0.5, 0.6) is 0 Å². The second kappa shape index (κ2) is 15.3. The number of fused-ring (bicyclic) bond motifs is 1. The van der Waals surface area contributed by atoms with Gasteiger partial charge in [-0.3, -0.25) is 4.55 Å². The van der Waals surface area contributed by atoms with Crippen LogP contribution in [0.3, 0.4) is 0 Å². The lowest BCUT2D eigenvalue weighted by molar-refractivity contribution is 0.484. The van der Waals surface area contributed by atoms with Crippen molar-refractivity contribution in [3.05, 3.63) is 35.4 Å². The van der Waals surface area contributed by atoms with E-state index >= 15 is 0 Å². The van der Waals surface area contributed by atoms with Gasteiger partial charge in [-0.15, -0.1) is 0 Å². The van der Waals surface area contributed by atoms with Crippen molar-refractivity contribution in [2.24, 2.45) is 0 Å². The fourth-order valence-corrected chi connectivity index (χ4v) is 9.81. The molecular formula is C31H52O3SSi. The van der Waals surface area contributed by atoms with Crippen LogP contribution in [-0.4, -0.2) is 21.0 Å². The summed E-state index contributed by atoms with van der Waals surface area (Å²) in [5.74, 6) is 0. The summed E-state index contributed by atoms with van der Waals surface area (Å²) in [5.41, 5.74) is 2.58. The van der Waals surface area contributed by atoms with E-state index in [1.165, 1.54) is 88.2 Å². The van der Waals surface area contributed by atoms with Crippen molar-refractivity contribution < 1.29 is 13.0 Å². The van der Waals surface area contributed by atoms with Crippen molar-refractivity contribution in [3.63, 3.8) is 0 Å². The van der Waals surface area contributed by atoms with E-state index in [2.05, 4.69) is 39.6 Å². The summed E-state index contributed by atoms with van der Waals surface area (Å²) in [4.78, 5) is 0.193. The second-order valence-electron chi connectivity index (χ2n) is 11.7. The van der Waals surface area contributed by atoms with Gasteiger partial charge < -0.3 is 0 Å². The van der Waals surface area contributed by atoms with Gasteiger partial charge in [0.15, 0.2) is 0 Å². The molecule has 0 fully saturated rings. The molecule has 2 rings (SSSR count). The minimum Gasteiger partial charge on any atom is -0.282 e. The van der Waals surface area contributed by atoms with Crippen LogP contribution in [0.25, 0.3) is 10.8 Å². The lowest BCUT2D eigenvalue weighted by Gasteiger charge is -2.28. The van der Waals surface area contributed by atoms with Crippen LogP contribution in [0.2, 0.25) is 19.6 Å². The van der Waals surface area contributed by atoms with Crippen LogP contribution in [0.15, 0.2) is 29.2 Å². The third kappa shape index (κ3) is 9.29. The minimum atomic E-state index is -4.33. The fraction of sp³-hybridized carbons (Fsp3) is 0.677. The van der Waals surface area contributed by atoms with Gasteiger partial charge in [-0.1, -0.05) is 135 Å². The molecule has 2 aromatic rings. The topological polar surface area (TPSA) is 54.4 Å². The maximum Gasteiger partial charge on any atom is 0.295 e. The number of hydrogen-bond acceptors (Lipinski definition) is 2. The summed E-state index contributed by atoms with van der Waals surface area (Å²) in [6.07, 6.45) is 19.4. The molecule has 204 valence electrons. The Hall–Kier alpha value is -1.17. The molecule has 3 nitrogen and oxygen atoms in total. The van der Waals surface area contributed by atoms with E-state index in [0.29, 0.717) is 5.39 Å². The van der Waals surface area contributed by atoms with Gasteiger partial charge in [0.25, 0.3) is 10.1 Å². The van der Waals surface area contributed by atoms with Crippen LogP contribution < -0.4 is 5.19 Å². The quantitative estimate of drug-likeness (QED) is 0.118. The number of unbranched alkanes of at least 4 members (excludes halogenated alkanes) is 12. The molecule has 0 radical (unpaired) electrons. The highest BCUT2D eigenvalue weighted by molar-refractivity contribution is 7.86. The molecule has 0 aliphatic carbocycles. The zero-order chi connectivity index (χ0) is 26.6. The highest BCUT2D eigenvalue weighted by Gasteiger charge is 2.32. The third-order valence-electron chi connectivity index (χ3n) is 7.46. The lowest BCUT2D eigenvalue weighted by atomic mass is 9.91. The monoisotopic (exact) mass is 532 g/mol. The molecule has 0 aliphatic heterocycles. The highest BCUT2D eigenvalue weighted by Crippen LogP contribution is 2.33. The van der Waals surface area contributed by atoms with E-state index < -0.39 is 18.2 Å². The van der Waals surface area contributed by atoms with E-state index in [1.807, 2.05) is 18.2 Å². The second-order valence-corrected chi connectivity index (χ2v) is 18.0. The Morgan fingerprint density at radius 1 is 0.639 bits per heavy atom. The molecule has 0 aromatic heterocycles. The van der Waals surface area contributed by atoms with Crippen LogP contribution in [-0.2, 0) is 23.0 Å². The van der Waals surface area contributed by atoms with E-state index in [1.54, 1.807) is 0 Å². The van der Waals surface area contributed by atoms with E-state index in [9.17, 15) is 13.0 Å². The van der Waals surface area contributed by atoms with Crippen molar-refractivity contribution in [1.29, 1.82) is 0 Å². The SMILES string of the molecule is CCCCCCCCCc1c([Si](C)(C)C)c(S(=O)(=O)O)c2ccccc2c1CCCCCCCCC. The molecule has 5 heteroatoms.